The van der Waals surface area contributed by atoms with Gasteiger partial charge in [-0.15, -0.1) is 15.3 Å². The molecule has 0 radical (unpaired) electrons. The Labute approximate surface area is 122 Å². The molecule has 0 N–H and O–H groups in total. The lowest BCUT2D eigenvalue weighted by molar-refractivity contribution is 0.0600. The number of esters is 1. The van der Waals surface area contributed by atoms with Crippen LogP contribution in [0.25, 0.3) is 16.3 Å². The number of methoxy groups -OCH3 is 1. The second kappa shape index (κ2) is 4.80. The third kappa shape index (κ3) is 1.93. The van der Waals surface area contributed by atoms with Gasteiger partial charge in [-0.25, -0.2) is 4.79 Å². The summed E-state index contributed by atoms with van der Waals surface area (Å²) in [6, 6.07) is 1.50. The molecule has 0 aliphatic heterocycles. The molecule has 0 aliphatic rings. The first-order valence-electron chi connectivity index (χ1n) is 5.53. The number of rotatable bonds is 2. The van der Waals surface area contributed by atoms with E-state index in [2.05, 4.69) is 19.8 Å². The molecule has 3 rings (SSSR count). The van der Waals surface area contributed by atoms with Gasteiger partial charge in [0.1, 0.15) is 4.88 Å². The molecule has 0 unspecified atom stereocenters. The lowest BCUT2D eigenvalue weighted by Crippen LogP contribution is -2.03. The van der Waals surface area contributed by atoms with Crippen LogP contribution in [0.15, 0.2) is 12.3 Å². The normalized spacial score (nSPS) is 10.9. The zero-order chi connectivity index (χ0) is 14.3. The van der Waals surface area contributed by atoms with Gasteiger partial charge in [-0.3, -0.25) is 4.40 Å². The third-order valence-corrected chi connectivity index (χ3v) is 3.84. The summed E-state index contributed by atoms with van der Waals surface area (Å²) in [5, 5.41) is 12.4. The molecule has 0 aromatic carbocycles. The van der Waals surface area contributed by atoms with Gasteiger partial charge in [-0.05, 0) is 24.5 Å². The molecule has 3 aromatic heterocycles. The number of carbonyl (C=O) groups excluding carboxylic acids is 1. The van der Waals surface area contributed by atoms with Gasteiger partial charge in [0.25, 0.3) is 0 Å². The molecule has 102 valence electrons. The SMILES string of the molecule is COC(=O)c1cc(Cl)c2nnc(-c3snnc3C)n2c1. The standard InChI is InChI=1S/C11H8ClN5O2S/c1-5-8(20-16-13-5)10-15-14-9-7(12)3-6(4-17(9)10)11(18)19-2/h3-4H,1-2H3. The first-order valence-corrected chi connectivity index (χ1v) is 6.69. The largest absolute Gasteiger partial charge is 0.465 e. The summed E-state index contributed by atoms with van der Waals surface area (Å²) in [6.07, 6.45) is 1.58. The monoisotopic (exact) mass is 309 g/mol. The Hall–Kier alpha value is -2.06. The number of ether oxygens (including phenoxy) is 1. The molecule has 0 saturated carbocycles. The van der Waals surface area contributed by atoms with E-state index in [1.54, 1.807) is 10.6 Å². The topological polar surface area (TPSA) is 82.3 Å². The van der Waals surface area contributed by atoms with Crippen LogP contribution in [0.1, 0.15) is 16.1 Å². The number of hydrogen-bond donors (Lipinski definition) is 0. The van der Waals surface area contributed by atoms with E-state index in [-0.39, 0.29) is 0 Å². The van der Waals surface area contributed by atoms with E-state index in [9.17, 15) is 4.79 Å². The summed E-state index contributed by atoms with van der Waals surface area (Å²) >= 11 is 7.32. The minimum absolute atomic E-state index is 0.321. The molecule has 0 fully saturated rings. The van der Waals surface area contributed by atoms with Gasteiger partial charge in [0, 0.05) is 6.20 Å². The minimum atomic E-state index is -0.479. The number of hydrogen-bond acceptors (Lipinski definition) is 7. The summed E-state index contributed by atoms with van der Waals surface area (Å²) in [5.41, 5.74) is 1.52. The minimum Gasteiger partial charge on any atom is -0.465 e. The second-order valence-corrected chi connectivity index (χ2v) is 5.13. The molecule has 0 bridgehead atoms. The van der Waals surface area contributed by atoms with Gasteiger partial charge < -0.3 is 4.74 Å². The Morgan fingerprint density at radius 2 is 2.20 bits per heavy atom. The average molecular weight is 310 g/mol. The smallest absolute Gasteiger partial charge is 0.339 e. The Morgan fingerprint density at radius 1 is 1.40 bits per heavy atom. The highest BCUT2D eigenvalue weighted by Crippen LogP contribution is 2.27. The van der Waals surface area contributed by atoms with Gasteiger partial charge in [0.05, 0.1) is 23.4 Å². The fraction of sp³-hybridized carbons (Fsp3) is 0.182. The zero-order valence-corrected chi connectivity index (χ0v) is 12.1. The third-order valence-electron chi connectivity index (χ3n) is 2.74. The molecule has 0 amide bonds. The van der Waals surface area contributed by atoms with Crippen molar-refractivity contribution in [3.05, 3.63) is 28.5 Å². The first kappa shape index (κ1) is 12.9. The number of aromatic nitrogens is 5. The zero-order valence-electron chi connectivity index (χ0n) is 10.5. The van der Waals surface area contributed by atoms with Crippen LogP contribution in [-0.2, 0) is 4.74 Å². The number of aryl methyl sites for hydroxylation is 1. The van der Waals surface area contributed by atoms with E-state index in [0.717, 1.165) is 10.6 Å². The van der Waals surface area contributed by atoms with Crippen LogP contribution in [-0.4, -0.2) is 37.3 Å². The van der Waals surface area contributed by atoms with E-state index in [1.807, 2.05) is 6.92 Å². The fourth-order valence-corrected chi connectivity index (χ4v) is 2.66. The predicted octanol–water partition coefficient (Wildman–Crippen LogP) is 2.00. The van der Waals surface area contributed by atoms with Crippen molar-refractivity contribution < 1.29 is 9.53 Å². The summed E-state index contributed by atoms with van der Waals surface area (Å²) in [7, 11) is 1.31. The maximum absolute atomic E-state index is 11.6. The maximum Gasteiger partial charge on any atom is 0.339 e. The molecular weight excluding hydrogens is 302 g/mol. The summed E-state index contributed by atoms with van der Waals surface area (Å²) in [6.45, 7) is 1.83. The Morgan fingerprint density at radius 3 is 2.85 bits per heavy atom. The highest BCUT2D eigenvalue weighted by molar-refractivity contribution is 7.09. The summed E-state index contributed by atoms with van der Waals surface area (Å²) in [5.74, 6) is 0.0627. The highest BCUT2D eigenvalue weighted by Gasteiger charge is 2.18. The van der Waals surface area contributed by atoms with Crippen LogP contribution in [0.2, 0.25) is 5.02 Å². The molecule has 0 aliphatic carbocycles. The lowest BCUT2D eigenvalue weighted by atomic mass is 10.3. The van der Waals surface area contributed by atoms with Crippen LogP contribution in [0.3, 0.4) is 0 Å². The Balaban J connectivity index is 2.28. The van der Waals surface area contributed by atoms with Crippen molar-refractivity contribution in [3.63, 3.8) is 0 Å². The quantitative estimate of drug-likeness (QED) is 0.673. The van der Waals surface area contributed by atoms with Gasteiger partial charge in [0.15, 0.2) is 11.5 Å². The molecule has 7 nitrogen and oxygen atoms in total. The first-order chi connectivity index (χ1) is 9.61. The molecule has 9 heteroatoms. The molecule has 0 spiro atoms. The van der Waals surface area contributed by atoms with Crippen LogP contribution in [0.4, 0.5) is 0 Å². The van der Waals surface area contributed by atoms with Gasteiger partial charge >= 0.3 is 5.97 Å². The van der Waals surface area contributed by atoms with Gasteiger partial charge in [-0.2, -0.15) is 0 Å². The van der Waals surface area contributed by atoms with Gasteiger partial charge in [-0.1, -0.05) is 16.1 Å². The predicted molar refractivity (Wildman–Crippen MR) is 73.0 cm³/mol. The van der Waals surface area contributed by atoms with Crippen molar-refractivity contribution in [2.75, 3.05) is 7.11 Å². The van der Waals surface area contributed by atoms with E-state index >= 15 is 0 Å². The van der Waals surface area contributed by atoms with Crippen LogP contribution in [0, 0.1) is 6.92 Å². The van der Waals surface area contributed by atoms with Crippen molar-refractivity contribution in [3.8, 4) is 10.7 Å². The summed E-state index contributed by atoms with van der Waals surface area (Å²) in [4.78, 5) is 12.4. The molecule has 0 atom stereocenters. The van der Waals surface area contributed by atoms with E-state index in [0.29, 0.717) is 22.1 Å². The number of nitrogens with zero attached hydrogens (tertiary/aromatic N) is 5. The van der Waals surface area contributed by atoms with Crippen LogP contribution in [0.5, 0.6) is 0 Å². The van der Waals surface area contributed by atoms with E-state index in [4.69, 9.17) is 16.3 Å². The van der Waals surface area contributed by atoms with Crippen molar-refractivity contribution in [2.24, 2.45) is 0 Å². The van der Waals surface area contributed by atoms with Gasteiger partial charge in [0.2, 0.25) is 0 Å². The lowest BCUT2D eigenvalue weighted by Gasteiger charge is -2.03. The molecule has 20 heavy (non-hydrogen) atoms. The number of halogens is 1. The van der Waals surface area contributed by atoms with Crippen LogP contribution >= 0.6 is 23.1 Å². The molecule has 3 heterocycles. The Bertz CT molecular complexity index is 812. The van der Waals surface area contributed by atoms with Crippen molar-refractivity contribution in [1.29, 1.82) is 0 Å². The number of fused-ring (bicyclic) bond motifs is 1. The fourth-order valence-electron chi connectivity index (χ4n) is 1.77. The van der Waals surface area contributed by atoms with E-state index in [1.165, 1.54) is 24.7 Å². The molecule has 3 aromatic rings. The number of carbonyl (C=O) groups is 1. The second-order valence-electron chi connectivity index (χ2n) is 3.97. The average Bonchev–Trinajstić information content (AvgIpc) is 3.03. The summed E-state index contributed by atoms with van der Waals surface area (Å²) < 4.78 is 10.2. The molecular formula is C11H8ClN5O2S. The number of pyridine rings is 1. The van der Waals surface area contributed by atoms with Crippen molar-refractivity contribution in [1.82, 2.24) is 24.2 Å². The van der Waals surface area contributed by atoms with Crippen molar-refractivity contribution in [2.45, 2.75) is 6.92 Å². The molecule has 0 saturated heterocycles. The highest BCUT2D eigenvalue weighted by atomic mass is 35.5. The van der Waals surface area contributed by atoms with Crippen molar-refractivity contribution >= 4 is 34.7 Å². The van der Waals surface area contributed by atoms with Crippen LogP contribution < -0.4 is 0 Å². The maximum atomic E-state index is 11.6. The van der Waals surface area contributed by atoms with E-state index < -0.39 is 5.97 Å². The Kier molecular flexibility index (Phi) is 3.11.